The molecule has 0 aliphatic carbocycles. The Morgan fingerprint density at radius 3 is 2.50 bits per heavy atom. The molecule has 3 atom stereocenters. The van der Waals surface area contributed by atoms with Crippen LogP contribution < -0.4 is 5.73 Å². The summed E-state index contributed by atoms with van der Waals surface area (Å²) in [6, 6.07) is 0.366. The monoisotopic (exact) mass is 171 g/mol. The Hall–Kier alpha value is -0.0800. The minimum Gasteiger partial charge on any atom is -0.378 e. The molecule has 1 fully saturated rings. The van der Waals surface area contributed by atoms with E-state index < -0.39 is 0 Å². The van der Waals surface area contributed by atoms with Gasteiger partial charge in [-0.2, -0.15) is 0 Å². The minimum absolute atomic E-state index is 0.366. The Morgan fingerprint density at radius 1 is 1.33 bits per heavy atom. The maximum absolute atomic E-state index is 5.88. The molecular weight excluding hydrogens is 150 g/mol. The summed E-state index contributed by atoms with van der Waals surface area (Å²) in [5, 5.41) is 0. The van der Waals surface area contributed by atoms with E-state index in [1.54, 1.807) is 0 Å². The van der Waals surface area contributed by atoms with Crippen LogP contribution in [-0.2, 0) is 4.74 Å². The number of nitrogens with two attached hydrogens (primary N) is 1. The summed E-state index contributed by atoms with van der Waals surface area (Å²) in [7, 11) is 0. The van der Waals surface area contributed by atoms with Crippen molar-refractivity contribution in [1.29, 1.82) is 0 Å². The number of hydrogen-bond donors (Lipinski definition) is 1. The Balaban J connectivity index is 2.40. The molecule has 2 N–H and O–H groups in total. The smallest absolute Gasteiger partial charge is 0.0617 e. The van der Waals surface area contributed by atoms with E-state index in [4.69, 9.17) is 10.5 Å². The first kappa shape index (κ1) is 10.0. The molecule has 1 saturated heterocycles. The Labute approximate surface area is 75.5 Å². The molecule has 1 rings (SSSR count). The van der Waals surface area contributed by atoms with Crippen LogP contribution in [0.4, 0.5) is 0 Å². The molecule has 0 amide bonds. The van der Waals surface area contributed by atoms with Crippen LogP contribution in [0.5, 0.6) is 0 Å². The lowest BCUT2D eigenvalue weighted by Gasteiger charge is -2.33. The van der Waals surface area contributed by atoms with Gasteiger partial charge in [-0.15, -0.1) is 0 Å². The quantitative estimate of drug-likeness (QED) is 0.687. The van der Waals surface area contributed by atoms with Gasteiger partial charge in [0, 0.05) is 12.6 Å². The second-order valence-electron chi connectivity index (χ2n) is 4.30. The van der Waals surface area contributed by atoms with Gasteiger partial charge in [0.2, 0.25) is 0 Å². The Kier molecular flexibility index (Phi) is 3.53. The molecule has 12 heavy (non-hydrogen) atoms. The van der Waals surface area contributed by atoms with Crippen molar-refractivity contribution in [3.05, 3.63) is 0 Å². The predicted octanol–water partition coefficient (Wildman–Crippen LogP) is 1.78. The largest absolute Gasteiger partial charge is 0.378 e. The van der Waals surface area contributed by atoms with Crippen LogP contribution >= 0.6 is 0 Å². The lowest BCUT2D eigenvalue weighted by molar-refractivity contribution is -0.0343. The van der Waals surface area contributed by atoms with Crippen molar-refractivity contribution in [3.8, 4) is 0 Å². The first-order valence-electron chi connectivity index (χ1n) is 4.98. The number of ether oxygens (including phenoxy) is 1. The molecule has 3 unspecified atom stereocenters. The summed E-state index contributed by atoms with van der Waals surface area (Å²) in [5.41, 5.74) is 5.88. The molecule has 0 aromatic rings. The fourth-order valence-corrected chi connectivity index (χ4v) is 1.65. The Bertz CT molecular complexity index is 136. The van der Waals surface area contributed by atoms with Gasteiger partial charge in [0.1, 0.15) is 0 Å². The van der Waals surface area contributed by atoms with Crippen LogP contribution in [0.1, 0.15) is 33.6 Å². The van der Waals surface area contributed by atoms with Gasteiger partial charge in [-0.25, -0.2) is 0 Å². The molecule has 1 aliphatic rings. The van der Waals surface area contributed by atoms with Gasteiger partial charge >= 0.3 is 0 Å². The minimum atomic E-state index is 0.366. The fourth-order valence-electron chi connectivity index (χ4n) is 1.65. The summed E-state index contributed by atoms with van der Waals surface area (Å²) in [5.74, 6) is 1.33. The first-order valence-corrected chi connectivity index (χ1v) is 4.98. The lowest BCUT2D eigenvalue weighted by Crippen LogP contribution is -2.39. The number of rotatable bonds is 2. The normalized spacial score (nSPS) is 33.8. The van der Waals surface area contributed by atoms with Crippen LogP contribution in [0.2, 0.25) is 0 Å². The molecule has 0 aromatic carbocycles. The van der Waals surface area contributed by atoms with Gasteiger partial charge in [0.05, 0.1) is 6.10 Å². The first-order chi connectivity index (χ1) is 5.61. The average molecular weight is 171 g/mol. The summed E-state index contributed by atoms with van der Waals surface area (Å²) in [4.78, 5) is 0. The Morgan fingerprint density at radius 2 is 2.00 bits per heavy atom. The van der Waals surface area contributed by atoms with Crippen molar-refractivity contribution in [2.45, 2.75) is 45.8 Å². The molecule has 0 aromatic heterocycles. The maximum Gasteiger partial charge on any atom is 0.0617 e. The highest BCUT2D eigenvalue weighted by atomic mass is 16.5. The third kappa shape index (κ3) is 2.46. The SMILES string of the molecule is CC(C)C(C)C1CC(N)CCO1. The highest BCUT2D eigenvalue weighted by molar-refractivity contribution is 4.78. The average Bonchev–Trinajstić information content (AvgIpc) is 2.03. The van der Waals surface area contributed by atoms with E-state index in [9.17, 15) is 0 Å². The third-order valence-electron chi connectivity index (χ3n) is 2.99. The van der Waals surface area contributed by atoms with E-state index in [0.29, 0.717) is 24.0 Å². The van der Waals surface area contributed by atoms with Gasteiger partial charge in [-0.3, -0.25) is 0 Å². The molecular formula is C10H21NO. The highest BCUT2D eigenvalue weighted by Crippen LogP contribution is 2.24. The van der Waals surface area contributed by atoms with E-state index in [1.165, 1.54) is 0 Å². The van der Waals surface area contributed by atoms with Crippen LogP contribution in [0, 0.1) is 11.8 Å². The summed E-state index contributed by atoms with van der Waals surface area (Å²) in [6.07, 6.45) is 2.47. The van der Waals surface area contributed by atoms with E-state index in [-0.39, 0.29) is 0 Å². The van der Waals surface area contributed by atoms with Crippen LogP contribution in [0.3, 0.4) is 0 Å². The molecule has 2 nitrogen and oxygen atoms in total. The second kappa shape index (κ2) is 4.24. The van der Waals surface area contributed by atoms with E-state index in [0.717, 1.165) is 19.4 Å². The van der Waals surface area contributed by atoms with Gasteiger partial charge in [-0.05, 0) is 24.7 Å². The second-order valence-corrected chi connectivity index (χ2v) is 4.30. The standard InChI is InChI=1S/C10H21NO/c1-7(2)8(3)10-6-9(11)4-5-12-10/h7-10H,4-6,11H2,1-3H3. The van der Waals surface area contributed by atoms with Gasteiger partial charge < -0.3 is 10.5 Å². The summed E-state index contributed by atoms with van der Waals surface area (Å²) >= 11 is 0. The topological polar surface area (TPSA) is 35.2 Å². The highest BCUT2D eigenvalue weighted by Gasteiger charge is 2.26. The molecule has 0 saturated carbocycles. The van der Waals surface area contributed by atoms with Crippen LogP contribution in [-0.4, -0.2) is 18.8 Å². The third-order valence-corrected chi connectivity index (χ3v) is 2.99. The van der Waals surface area contributed by atoms with Gasteiger partial charge in [0.15, 0.2) is 0 Å². The zero-order valence-electron chi connectivity index (χ0n) is 8.42. The zero-order chi connectivity index (χ0) is 9.14. The molecule has 1 heterocycles. The zero-order valence-corrected chi connectivity index (χ0v) is 8.42. The lowest BCUT2D eigenvalue weighted by atomic mass is 9.87. The maximum atomic E-state index is 5.88. The molecule has 0 radical (unpaired) electrons. The van der Waals surface area contributed by atoms with Crippen molar-refractivity contribution in [2.75, 3.05) is 6.61 Å². The summed E-state index contributed by atoms with van der Waals surface area (Å²) < 4.78 is 5.69. The van der Waals surface area contributed by atoms with Crippen LogP contribution in [0.15, 0.2) is 0 Å². The molecule has 72 valence electrons. The van der Waals surface area contributed by atoms with E-state index in [1.807, 2.05) is 0 Å². The van der Waals surface area contributed by atoms with Crippen molar-refractivity contribution in [2.24, 2.45) is 17.6 Å². The summed E-state index contributed by atoms with van der Waals surface area (Å²) in [6.45, 7) is 7.60. The number of hydrogen-bond acceptors (Lipinski definition) is 2. The predicted molar refractivity (Wildman–Crippen MR) is 51.0 cm³/mol. The molecule has 0 bridgehead atoms. The van der Waals surface area contributed by atoms with Crippen LogP contribution in [0.25, 0.3) is 0 Å². The van der Waals surface area contributed by atoms with Crippen molar-refractivity contribution in [1.82, 2.24) is 0 Å². The van der Waals surface area contributed by atoms with Gasteiger partial charge in [-0.1, -0.05) is 20.8 Å². The molecule has 2 heteroatoms. The van der Waals surface area contributed by atoms with Crippen molar-refractivity contribution < 1.29 is 4.74 Å². The van der Waals surface area contributed by atoms with E-state index in [2.05, 4.69) is 20.8 Å². The fraction of sp³-hybridized carbons (Fsp3) is 1.00. The van der Waals surface area contributed by atoms with Crippen molar-refractivity contribution in [3.63, 3.8) is 0 Å². The van der Waals surface area contributed by atoms with Gasteiger partial charge in [0.25, 0.3) is 0 Å². The molecule has 0 spiro atoms. The van der Waals surface area contributed by atoms with E-state index >= 15 is 0 Å². The molecule has 1 aliphatic heterocycles. The van der Waals surface area contributed by atoms with Crippen molar-refractivity contribution >= 4 is 0 Å².